The minimum atomic E-state index is 0.646. The summed E-state index contributed by atoms with van der Waals surface area (Å²) in [6, 6.07) is 0. The van der Waals surface area contributed by atoms with Gasteiger partial charge in [-0.2, -0.15) is 10.2 Å². The summed E-state index contributed by atoms with van der Waals surface area (Å²) in [7, 11) is 0. The van der Waals surface area contributed by atoms with E-state index in [4.69, 9.17) is 0 Å². The van der Waals surface area contributed by atoms with Gasteiger partial charge < -0.3 is 0 Å². The van der Waals surface area contributed by atoms with Crippen LogP contribution in [-0.4, -0.2) is 13.1 Å². The van der Waals surface area contributed by atoms with E-state index in [0.29, 0.717) is 23.7 Å². The van der Waals surface area contributed by atoms with Gasteiger partial charge in [-0.15, -0.1) is 0 Å². The Morgan fingerprint density at radius 2 is 0.929 bits per heavy atom. The second kappa shape index (κ2) is 6.97. The third-order valence-corrected chi connectivity index (χ3v) is 3.12. The molecule has 2 nitrogen and oxygen atoms in total. The summed E-state index contributed by atoms with van der Waals surface area (Å²) in [6.45, 7) is 15.2. The zero-order valence-electron chi connectivity index (χ0n) is 10.6. The van der Waals surface area contributed by atoms with Gasteiger partial charge in [0.1, 0.15) is 0 Å². The molecule has 0 saturated heterocycles. The van der Waals surface area contributed by atoms with Crippen LogP contribution in [0.25, 0.3) is 0 Å². The molecule has 0 bridgehead atoms. The first kappa shape index (κ1) is 13.6. The first-order valence-corrected chi connectivity index (χ1v) is 5.78. The van der Waals surface area contributed by atoms with Gasteiger partial charge in [-0.25, -0.2) is 0 Å². The van der Waals surface area contributed by atoms with Crippen molar-refractivity contribution in [2.45, 2.75) is 41.5 Å². The maximum atomic E-state index is 4.24. The first-order valence-electron chi connectivity index (χ1n) is 5.78. The van der Waals surface area contributed by atoms with E-state index in [1.165, 1.54) is 0 Å². The first-order chi connectivity index (χ1) is 6.45. The molecule has 0 fully saturated rings. The van der Waals surface area contributed by atoms with Crippen LogP contribution in [0, 0.1) is 23.7 Å². The highest BCUT2D eigenvalue weighted by atomic mass is 15.1. The van der Waals surface area contributed by atoms with Gasteiger partial charge >= 0.3 is 0 Å². The summed E-state index contributed by atoms with van der Waals surface area (Å²) in [6.07, 6.45) is 0. The fourth-order valence-corrected chi connectivity index (χ4v) is 0.795. The topological polar surface area (TPSA) is 24.7 Å². The predicted molar refractivity (Wildman–Crippen MR) is 62.6 cm³/mol. The Labute approximate surface area is 89.2 Å². The minimum absolute atomic E-state index is 0.646. The van der Waals surface area contributed by atoms with Crippen LogP contribution in [0.4, 0.5) is 0 Å². The maximum Gasteiger partial charge on any atom is 0.0626 e. The van der Waals surface area contributed by atoms with E-state index in [-0.39, 0.29) is 0 Å². The van der Waals surface area contributed by atoms with Gasteiger partial charge in [-0.1, -0.05) is 41.5 Å². The van der Waals surface area contributed by atoms with Crippen molar-refractivity contribution in [3.63, 3.8) is 0 Å². The monoisotopic (exact) mass is 198 g/mol. The van der Waals surface area contributed by atoms with Crippen LogP contribution in [-0.2, 0) is 0 Å². The highest BCUT2D eigenvalue weighted by molar-refractivity contribution is 4.61. The fraction of sp³-hybridized carbons (Fsp3) is 1.00. The molecule has 2 atom stereocenters. The van der Waals surface area contributed by atoms with E-state index >= 15 is 0 Å². The summed E-state index contributed by atoms with van der Waals surface area (Å²) in [5.74, 6) is 2.70. The van der Waals surface area contributed by atoms with Gasteiger partial charge in [0.05, 0.1) is 13.1 Å². The highest BCUT2D eigenvalue weighted by Gasteiger charge is 2.07. The molecule has 0 N–H and O–H groups in total. The Kier molecular flexibility index (Phi) is 6.77. The van der Waals surface area contributed by atoms with Gasteiger partial charge in [0.25, 0.3) is 0 Å². The second-order valence-corrected chi connectivity index (χ2v) is 5.09. The molecule has 14 heavy (non-hydrogen) atoms. The van der Waals surface area contributed by atoms with Gasteiger partial charge in [-0.05, 0) is 23.7 Å². The number of azo groups is 1. The van der Waals surface area contributed by atoms with Crippen LogP contribution < -0.4 is 0 Å². The van der Waals surface area contributed by atoms with Crippen molar-refractivity contribution in [1.82, 2.24) is 0 Å². The van der Waals surface area contributed by atoms with Crippen LogP contribution in [0.3, 0.4) is 0 Å². The van der Waals surface area contributed by atoms with Crippen molar-refractivity contribution >= 4 is 0 Å². The molecule has 0 radical (unpaired) electrons. The molecule has 0 rings (SSSR count). The van der Waals surface area contributed by atoms with Gasteiger partial charge in [0.15, 0.2) is 0 Å². The molecule has 0 aliphatic carbocycles. The molecule has 2 heteroatoms. The normalized spacial score (nSPS) is 16.9. The van der Waals surface area contributed by atoms with E-state index < -0.39 is 0 Å². The molecule has 2 unspecified atom stereocenters. The summed E-state index contributed by atoms with van der Waals surface area (Å²) >= 11 is 0. The lowest BCUT2D eigenvalue weighted by Crippen LogP contribution is -2.09. The van der Waals surface area contributed by atoms with Crippen molar-refractivity contribution in [2.75, 3.05) is 13.1 Å². The van der Waals surface area contributed by atoms with Crippen LogP contribution in [0.2, 0.25) is 0 Å². The zero-order chi connectivity index (χ0) is 11.1. The van der Waals surface area contributed by atoms with Crippen LogP contribution in [0.5, 0.6) is 0 Å². The summed E-state index contributed by atoms with van der Waals surface area (Å²) in [5.41, 5.74) is 0. The molecular formula is C12H26N2. The molecule has 0 saturated carbocycles. The van der Waals surface area contributed by atoms with E-state index in [0.717, 1.165) is 13.1 Å². The Balaban J connectivity index is 3.64. The van der Waals surface area contributed by atoms with Crippen LogP contribution in [0.15, 0.2) is 10.2 Å². The van der Waals surface area contributed by atoms with Crippen LogP contribution >= 0.6 is 0 Å². The van der Waals surface area contributed by atoms with Crippen molar-refractivity contribution in [3.05, 3.63) is 0 Å². The Morgan fingerprint density at radius 3 is 1.14 bits per heavy atom. The van der Waals surface area contributed by atoms with Crippen molar-refractivity contribution in [2.24, 2.45) is 33.9 Å². The molecule has 0 amide bonds. The quantitative estimate of drug-likeness (QED) is 0.576. The summed E-state index contributed by atoms with van der Waals surface area (Å²) in [4.78, 5) is 0. The third-order valence-electron chi connectivity index (χ3n) is 3.12. The van der Waals surface area contributed by atoms with E-state index in [1.807, 2.05) is 0 Å². The fourth-order valence-electron chi connectivity index (χ4n) is 0.795. The molecule has 84 valence electrons. The average Bonchev–Trinajstić information content (AvgIpc) is 2.11. The Hall–Kier alpha value is -0.400. The van der Waals surface area contributed by atoms with Crippen LogP contribution in [0.1, 0.15) is 41.5 Å². The second-order valence-electron chi connectivity index (χ2n) is 5.09. The lowest BCUT2D eigenvalue weighted by molar-refractivity contribution is 0.403. The molecular weight excluding hydrogens is 172 g/mol. The van der Waals surface area contributed by atoms with E-state index in [1.54, 1.807) is 0 Å². The molecule has 0 aliphatic rings. The maximum absolute atomic E-state index is 4.24. The van der Waals surface area contributed by atoms with E-state index in [9.17, 15) is 0 Å². The predicted octanol–water partition coefficient (Wildman–Crippen LogP) is 4.02. The van der Waals surface area contributed by atoms with Crippen molar-refractivity contribution < 1.29 is 0 Å². The standard InChI is InChI=1S/C12H26N2/c1-9(2)11(5)7-13-14-8-12(6)10(3)4/h9-12H,7-8H2,1-6H3. The molecule has 0 aromatic heterocycles. The molecule has 0 spiro atoms. The van der Waals surface area contributed by atoms with Crippen molar-refractivity contribution in [1.29, 1.82) is 0 Å². The van der Waals surface area contributed by atoms with E-state index in [2.05, 4.69) is 51.8 Å². The van der Waals surface area contributed by atoms with Gasteiger partial charge in [0, 0.05) is 0 Å². The lowest BCUT2D eigenvalue weighted by atomic mass is 9.98. The summed E-state index contributed by atoms with van der Waals surface area (Å²) < 4.78 is 0. The van der Waals surface area contributed by atoms with Gasteiger partial charge in [-0.3, -0.25) is 0 Å². The molecule has 0 aliphatic heterocycles. The Morgan fingerprint density at radius 1 is 0.643 bits per heavy atom. The highest BCUT2D eigenvalue weighted by Crippen LogP contribution is 2.11. The smallest absolute Gasteiger partial charge is 0.0626 e. The van der Waals surface area contributed by atoms with Gasteiger partial charge in [0.2, 0.25) is 0 Å². The lowest BCUT2D eigenvalue weighted by Gasteiger charge is -2.13. The third kappa shape index (κ3) is 6.11. The largest absolute Gasteiger partial charge is 0.194 e. The Bertz CT molecular complexity index is 144. The molecule has 0 heterocycles. The number of nitrogens with zero attached hydrogens (tertiary/aromatic N) is 2. The number of hydrogen-bond acceptors (Lipinski definition) is 2. The molecule has 0 aromatic rings. The summed E-state index contributed by atoms with van der Waals surface area (Å²) in [5, 5.41) is 8.48. The van der Waals surface area contributed by atoms with Crippen molar-refractivity contribution in [3.8, 4) is 0 Å². The average molecular weight is 198 g/mol. The number of hydrogen-bond donors (Lipinski definition) is 0. The number of rotatable bonds is 6. The zero-order valence-corrected chi connectivity index (χ0v) is 10.6. The minimum Gasteiger partial charge on any atom is -0.194 e. The SMILES string of the molecule is CC(C)C(C)CN=NCC(C)C(C)C. The molecule has 0 aromatic carbocycles.